The van der Waals surface area contributed by atoms with Gasteiger partial charge in [-0.25, -0.2) is 0 Å². The lowest BCUT2D eigenvalue weighted by molar-refractivity contribution is 0.623. The highest BCUT2D eigenvalue weighted by molar-refractivity contribution is 8.14. The molecule has 0 bridgehead atoms. The lowest BCUT2D eigenvalue weighted by Crippen LogP contribution is -1.90. The molecule has 0 aromatic carbocycles. The fourth-order valence-corrected chi connectivity index (χ4v) is 3.70. The Kier molecular flexibility index (Phi) is 15.5. The fraction of sp³-hybridized carbons (Fsp3) is 0.941. The van der Waals surface area contributed by atoms with Gasteiger partial charge in [0.25, 0.3) is 0 Å². The number of hydrogen-bond donors (Lipinski definition) is 0. The molecule has 0 rings (SSSR count). The van der Waals surface area contributed by atoms with Gasteiger partial charge in [-0.05, 0) is 24.3 Å². The van der Waals surface area contributed by atoms with E-state index in [4.69, 9.17) is 0 Å². The van der Waals surface area contributed by atoms with E-state index in [1.165, 1.54) is 88.6 Å². The van der Waals surface area contributed by atoms with Crippen LogP contribution in [0.4, 0.5) is 0 Å². The molecular weight excluding hydrogens is 236 g/mol. The minimum absolute atomic E-state index is 0.466. The maximum Gasteiger partial charge on any atom is -0.0123 e. The Hall–Kier alpha value is 0.220. The Morgan fingerprint density at radius 3 is 1.28 bits per heavy atom. The molecule has 0 aliphatic rings. The summed E-state index contributed by atoms with van der Waals surface area (Å²) in [6.07, 6.45) is 17.1. The second kappa shape index (κ2) is 15.3. The van der Waals surface area contributed by atoms with Gasteiger partial charge < -0.3 is 0 Å². The van der Waals surface area contributed by atoms with Gasteiger partial charge >= 0.3 is 0 Å². The van der Waals surface area contributed by atoms with E-state index >= 15 is 0 Å². The number of rotatable bonds is 14. The second-order valence-corrected chi connectivity index (χ2v) is 7.60. The Bertz CT molecular complexity index is 156. The molecule has 1 heteroatoms. The molecule has 0 saturated heterocycles. The van der Waals surface area contributed by atoms with Crippen molar-refractivity contribution in [1.82, 2.24) is 0 Å². The van der Waals surface area contributed by atoms with Crippen molar-refractivity contribution in [3.63, 3.8) is 0 Å². The molecule has 0 N–H and O–H groups in total. The van der Waals surface area contributed by atoms with Gasteiger partial charge in [-0.15, -0.1) is 0 Å². The van der Waals surface area contributed by atoms with Gasteiger partial charge in [-0.2, -0.15) is 10.5 Å². The molecule has 0 amide bonds. The van der Waals surface area contributed by atoms with Crippen molar-refractivity contribution >= 4 is 16.4 Å². The van der Waals surface area contributed by atoms with Crippen LogP contribution in [0.15, 0.2) is 0 Å². The summed E-state index contributed by atoms with van der Waals surface area (Å²) in [5, 5.41) is 0. The summed E-state index contributed by atoms with van der Waals surface area (Å²) in [4.78, 5) is 0. The zero-order chi connectivity index (χ0) is 13.5. The van der Waals surface area contributed by atoms with E-state index in [9.17, 15) is 0 Å². The van der Waals surface area contributed by atoms with Gasteiger partial charge in [0.2, 0.25) is 0 Å². The van der Waals surface area contributed by atoms with Crippen molar-refractivity contribution in [3.8, 4) is 0 Å². The smallest absolute Gasteiger partial charge is 0.0123 e. The molecule has 0 aromatic heterocycles. The molecule has 0 nitrogen and oxygen atoms in total. The van der Waals surface area contributed by atoms with Gasteiger partial charge in [0, 0.05) is 0 Å². The van der Waals surface area contributed by atoms with Gasteiger partial charge in [0.05, 0.1) is 0 Å². The summed E-state index contributed by atoms with van der Waals surface area (Å²) in [5.74, 6) is 7.11. The predicted octanol–water partition coefficient (Wildman–Crippen LogP) is 6.41. The van der Waals surface area contributed by atoms with Crippen molar-refractivity contribution < 1.29 is 0 Å². The third-order valence-corrected chi connectivity index (χ3v) is 5.31. The van der Waals surface area contributed by atoms with Crippen LogP contribution in [0.3, 0.4) is 0 Å². The average Bonchev–Trinajstić information content (AvgIpc) is 2.38. The van der Waals surface area contributed by atoms with Crippen LogP contribution in [0, 0.1) is 0 Å². The summed E-state index contributed by atoms with van der Waals surface area (Å²) in [5.41, 5.74) is 0. The molecule has 110 valence electrons. The first-order valence-electron chi connectivity index (χ1n) is 8.28. The fourth-order valence-electron chi connectivity index (χ4n) is 2.28. The molecule has 0 saturated carbocycles. The van der Waals surface area contributed by atoms with E-state index in [1.807, 2.05) is 0 Å². The van der Waals surface area contributed by atoms with Crippen LogP contribution in [-0.2, 0) is 0 Å². The second-order valence-electron chi connectivity index (χ2n) is 5.56. The standard InChI is InChI=1S/C17H36S/c1-4-6-8-10-12-14-16-18(3)17-15-13-11-9-7-5-2/h3-17H2,1-2H3. The Balaban J connectivity index is 3.12. The third kappa shape index (κ3) is 14.3. The third-order valence-electron chi connectivity index (χ3n) is 3.57. The van der Waals surface area contributed by atoms with Gasteiger partial charge in [-0.1, -0.05) is 83.9 Å². The minimum Gasteiger partial charge on any atom is -0.193 e. The lowest BCUT2D eigenvalue weighted by atomic mass is 10.1. The number of hydrogen-bond acceptors (Lipinski definition) is 0. The van der Waals surface area contributed by atoms with E-state index < -0.39 is 0 Å². The molecule has 0 fully saturated rings. The topological polar surface area (TPSA) is 0 Å². The van der Waals surface area contributed by atoms with E-state index in [-0.39, 0.29) is 0 Å². The molecule has 0 aromatic rings. The lowest BCUT2D eigenvalue weighted by Gasteiger charge is -2.07. The molecule has 0 heterocycles. The molecule has 0 spiro atoms. The zero-order valence-corrected chi connectivity index (χ0v) is 13.8. The maximum atomic E-state index is 4.33. The van der Waals surface area contributed by atoms with E-state index in [0.29, 0.717) is 10.5 Å². The summed E-state index contributed by atoms with van der Waals surface area (Å²) >= 11 is 0. The van der Waals surface area contributed by atoms with Crippen LogP contribution in [0.1, 0.15) is 90.9 Å². The summed E-state index contributed by atoms with van der Waals surface area (Å²) in [6.45, 7) is 4.57. The molecule has 0 aliphatic carbocycles. The van der Waals surface area contributed by atoms with Crippen molar-refractivity contribution in [2.75, 3.05) is 11.5 Å². The summed E-state index contributed by atoms with van der Waals surface area (Å²) in [6, 6.07) is 0. The predicted molar refractivity (Wildman–Crippen MR) is 91.2 cm³/mol. The molecular formula is C17H36S. The average molecular weight is 273 g/mol. The summed E-state index contributed by atoms with van der Waals surface area (Å²) < 4.78 is 0. The van der Waals surface area contributed by atoms with Crippen molar-refractivity contribution in [3.05, 3.63) is 0 Å². The molecule has 0 atom stereocenters. The Labute approximate surface area is 119 Å². The molecule has 0 aliphatic heterocycles. The van der Waals surface area contributed by atoms with Gasteiger partial charge in [-0.3, -0.25) is 0 Å². The van der Waals surface area contributed by atoms with E-state index in [0.717, 1.165) is 0 Å². The van der Waals surface area contributed by atoms with Crippen LogP contribution >= 0.6 is 10.5 Å². The van der Waals surface area contributed by atoms with Crippen LogP contribution in [0.5, 0.6) is 0 Å². The van der Waals surface area contributed by atoms with Crippen LogP contribution in [0.25, 0.3) is 0 Å². The largest absolute Gasteiger partial charge is 0.193 e. The quantitative estimate of drug-likeness (QED) is 0.253. The van der Waals surface area contributed by atoms with Crippen molar-refractivity contribution in [1.29, 1.82) is 0 Å². The maximum absolute atomic E-state index is 4.33. The van der Waals surface area contributed by atoms with E-state index in [1.54, 1.807) is 0 Å². The highest BCUT2D eigenvalue weighted by atomic mass is 32.2. The normalized spacial score (nSPS) is 11.3. The minimum atomic E-state index is 0.466. The van der Waals surface area contributed by atoms with Crippen molar-refractivity contribution in [2.45, 2.75) is 90.9 Å². The first kappa shape index (κ1) is 18.2. The monoisotopic (exact) mass is 272 g/mol. The SMILES string of the molecule is C=S(CCCCCCCC)CCCCCCCC. The highest BCUT2D eigenvalue weighted by Crippen LogP contribution is 2.17. The van der Waals surface area contributed by atoms with Crippen LogP contribution in [0.2, 0.25) is 0 Å². The van der Waals surface area contributed by atoms with Crippen LogP contribution in [-0.4, -0.2) is 17.4 Å². The Morgan fingerprint density at radius 1 is 0.556 bits per heavy atom. The first-order valence-corrected chi connectivity index (χ1v) is 10.0. The van der Waals surface area contributed by atoms with Gasteiger partial charge in [0.15, 0.2) is 0 Å². The first-order chi connectivity index (χ1) is 8.81. The highest BCUT2D eigenvalue weighted by Gasteiger charge is 1.95. The van der Waals surface area contributed by atoms with Crippen molar-refractivity contribution in [2.24, 2.45) is 0 Å². The van der Waals surface area contributed by atoms with Crippen LogP contribution < -0.4 is 0 Å². The zero-order valence-electron chi connectivity index (χ0n) is 13.0. The van der Waals surface area contributed by atoms with Gasteiger partial charge in [0.1, 0.15) is 0 Å². The Morgan fingerprint density at radius 2 is 0.889 bits per heavy atom. The summed E-state index contributed by atoms with van der Waals surface area (Å²) in [7, 11) is 0.466. The number of unbranched alkanes of at least 4 members (excludes halogenated alkanes) is 10. The molecule has 18 heavy (non-hydrogen) atoms. The molecule has 0 radical (unpaired) electrons. The van der Waals surface area contributed by atoms with E-state index in [2.05, 4.69) is 19.7 Å². The molecule has 0 unspecified atom stereocenters.